The topological polar surface area (TPSA) is 18.5 Å². The first-order chi connectivity index (χ1) is 6.53. The highest BCUT2D eigenvalue weighted by Gasteiger charge is 2.13. The molecule has 0 heterocycles. The quantitative estimate of drug-likeness (QED) is 0.714. The third-order valence-electron chi connectivity index (χ3n) is 1.45. The van der Waals surface area contributed by atoms with Crippen molar-refractivity contribution in [2.75, 3.05) is 7.11 Å². The van der Waals surface area contributed by atoms with E-state index in [-0.39, 0.29) is 5.60 Å². The zero-order valence-electron chi connectivity index (χ0n) is 9.03. The van der Waals surface area contributed by atoms with Crippen LogP contribution in [0, 0.1) is 0 Å². The molecular weight excluding hydrogens is 196 g/mol. The molecule has 1 rings (SSSR count). The van der Waals surface area contributed by atoms with Gasteiger partial charge in [0.05, 0.1) is 17.6 Å². The van der Waals surface area contributed by atoms with E-state index in [1.807, 2.05) is 45.0 Å². The van der Waals surface area contributed by atoms with Crippen molar-refractivity contribution in [3.8, 4) is 5.75 Å². The van der Waals surface area contributed by atoms with Crippen LogP contribution in [0.4, 0.5) is 0 Å². The van der Waals surface area contributed by atoms with E-state index < -0.39 is 0 Å². The van der Waals surface area contributed by atoms with Crippen LogP contribution in [0.5, 0.6) is 5.75 Å². The highest BCUT2D eigenvalue weighted by Crippen LogP contribution is 2.32. The van der Waals surface area contributed by atoms with Crippen LogP contribution in [-0.2, 0) is 4.18 Å². The van der Waals surface area contributed by atoms with Crippen LogP contribution in [0.2, 0.25) is 0 Å². The minimum Gasteiger partial charge on any atom is -0.496 e. The van der Waals surface area contributed by atoms with Crippen molar-refractivity contribution >= 4 is 12.0 Å². The van der Waals surface area contributed by atoms with Crippen LogP contribution in [-0.4, -0.2) is 12.7 Å². The zero-order valence-corrected chi connectivity index (χ0v) is 9.85. The number of hydrogen-bond acceptors (Lipinski definition) is 3. The summed E-state index contributed by atoms with van der Waals surface area (Å²) in [6.07, 6.45) is 0. The van der Waals surface area contributed by atoms with Crippen LogP contribution in [0.3, 0.4) is 0 Å². The molecule has 14 heavy (non-hydrogen) atoms. The molecule has 0 aliphatic carbocycles. The number of ether oxygens (including phenoxy) is 1. The monoisotopic (exact) mass is 212 g/mol. The molecule has 0 amide bonds. The largest absolute Gasteiger partial charge is 0.496 e. The molecule has 0 aliphatic rings. The fourth-order valence-electron chi connectivity index (χ4n) is 0.858. The van der Waals surface area contributed by atoms with Crippen molar-refractivity contribution in [2.24, 2.45) is 0 Å². The summed E-state index contributed by atoms with van der Waals surface area (Å²) >= 11 is 1.35. The van der Waals surface area contributed by atoms with E-state index in [1.165, 1.54) is 12.0 Å². The Morgan fingerprint density at radius 1 is 1.14 bits per heavy atom. The number of para-hydroxylation sites is 1. The first-order valence-corrected chi connectivity index (χ1v) is 5.26. The summed E-state index contributed by atoms with van der Waals surface area (Å²) in [7, 11) is 1.66. The Kier molecular flexibility index (Phi) is 3.84. The summed E-state index contributed by atoms with van der Waals surface area (Å²) in [5.41, 5.74) is -0.147. The van der Waals surface area contributed by atoms with Gasteiger partial charge in [0.1, 0.15) is 5.75 Å². The Labute approximate surface area is 89.8 Å². The van der Waals surface area contributed by atoms with Gasteiger partial charge in [-0.2, -0.15) is 0 Å². The van der Waals surface area contributed by atoms with E-state index in [0.717, 1.165) is 10.6 Å². The smallest absolute Gasteiger partial charge is 0.134 e. The molecule has 2 nitrogen and oxygen atoms in total. The van der Waals surface area contributed by atoms with Crippen molar-refractivity contribution in [3.63, 3.8) is 0 Å². The maximum atomic E-state index is 5.59. The molecule has 0 fully saturated rings. The van der Waals surface area contributed by atoms with Gasteiger partial charge < -0.3 is 8.92 Å². The van der Waals surface area contributed by atoms with Gasteiger partial charge in [-0.1, -0.05) is 12.1 Å². The fourth-order valence-corrected chi connectivity index (χ4v) is 1.56. The summed E-state index contributed by atoms with van der Waals surface area (Å²) in [6, 6.07) is 7.82. The molecule has 0 saturated heterocycles. The highest BCUT2D eigenvalue weighted by molar-refractivity contribution is 7.94. The number of hydrogen-bond donors (Lipinski definition) is 0. The molecule has 1 aromatic carbocycles. The van der Waals surface area contributed by atoms with Gasteiger partial charge in [0, 0.05) is 12.0 Å². The molecule has 0 bridgehead atoms. The Morgan fingerprint density at radius 2 is 1.79 bits per heavy atom. The average molecular weight is 212 g/mol. The molecule has 0 spiro atoms. The molecule has 3 heteroatoms. The molecule has 0 aromatic heterocycles. The third-order valence-corrected chi connectivity index (χ3v) is 2.55. The Hall–Kier alpha value is -0.670. The first-order valence-electron chi connectivity index (χ1n) is 4.51. The van der Waals surface area contributed by atoms with Gasteiger partial charge in [0.25, 0.3) is 0 Å². The SMILES string of the molecule is COc1ccccc1SOC(C)(C)C. The second-order valence-corrected chi connectivity index (χ2v) is 4.70. The van der Waals surface area contributed by atoms with Crippen LogP contribution in [0.25, 0.3) is 0 Å². The predicted molar refractivity (Wildman–Crippen MR) is 59.7 cm³/mol. The Bertz CT molecular complexity index is 292. The van der Waals surface area contributed by atoms with Gasteiger partial charge in [-0.15, -0.1) is 0 Å². The van der Waals surface area contributed by atoms with E-state index in [4.69, 9.17) is 8.92 Å². The molecule has 0 saturated carbocycles. The summed E-state index contributed by atoms with van der Waals surface area (Å²) in [5.74, 6) is 0.849. The van der Waals surface area contributed by atoms with E-state index >= 15 is 0 Å². The second kappa shape index (κ2) is 4.71. The van der Waals surface area contributed by atoms with E-state index in [9.17, 15) is 0 Å². The maximum Gasteiger partial charge on any atom is 0.134 e. The minimum absolute atomic E-state index is 0.147. The molecule has 0 N–H and O–H groups in total. The standard InChI is InChI=1S/C11H16O2S/c1-11(2,3)13-14-10-8-6-5-7-9(10)12-4/h5-8H,1-4H3. The van der Waals surface area contributed by atoms with Crippen LogP contribution < -0.4 is 4.74 Å². The third kappa shape index (κ3) is 3.60. The summed E-state index contributed by atoms with van der Waals surface area (Å²) in [6.45, 7) is 6.07. The molecule has 78 valence electrons. The fraction of sp³-hybridized carbons (Fsp3) is 0.455. The van der Waals surface area contributed by atoms with Gasteiger partial charge in [-0.25, -0.2) is 0 Å². The van der Waals surface area contributed by atoms with Crippen molar-refractivity contribution < 1.29 is 8.92 Å². The molecule has 0 atom stereocenters. The lowest BCUT2D eigenvalue weighted by molar-refractivity contribution is 0.164. The molecule has 0 aliphatic heterocycles. The van der Waals surface area contributed by atoms with Gasteiger partial charge >= 0.3 is 0 Å². The summed E-state index contributed by atoms with van der Waals surface area (Å²) in [5, 5.41) is 0. The summed E-state index contributed by atoms with van der Waals surface area (Å²) in [4.78, 5) is 1.00. The predicted octanol–water partition coefficient (Wildman–Crippen LogP) is 3.52. The molecular formula is C11H16O2S. The van der Waals surface area contributed by atoms with Crippen molar-refractivity contribution in [2.45, 2.75) is 31.3 Å². The first kappa shape index (κ1) is 11.4. The minimum atomic E-state index is -0.147. The molecule has 0 unspecified atom stereocenters. The van der Waals surface area contributed by atoms with E-state index in [0.29, 0.717) is 0 Å². The van der Waals surface area contributed by atoms with Gasteiger partial charge in [0.15, 0.2) is 0 Å². The Morgan fingerprint density at radius 3 is 2.36 bits per heavy atom. The molecule has 0 radical (unpaired) electrons. The Balaban J connectivity index is 2.67. The van der Waals surface area contributed by atoms with E-state index in [1.54, 1.807) is 7.11 Å². The van der Waals surface area contributed by atoms with Gasteiger partial charge in [-0.3, -0.25) is 0 Å². The van der Waals surface area contributed by atoms with Gasteiger partial charge in [-0.05, 0) is 32.9 Å². The van der Waals surface area contributed by atoms with Crippen molar-refractivity contribution in [1.29, 1.82) is 0 Å². The molecule has 1 aromatic rings. The lowest BCUT2D eigenvalue weighted by Crippen LogP contribution is -2.14. The number of methoxy groups -OCH3 is 1. The second-order valence-electron chi connectivity index (χ2n) is 3.93. The van der Waals surface area contributed by atoms with Crippen LogP contribution in [0.1, 0.15) is 20.8 Å². The van der Waals surface area contributed by atoms with Gasteiger partial charge in [0.2, 0.25) is 0 Å². The number of benzene rings is 1. The maximum absolute atomic E-state index is 5.59. The lowest BCUT2D eigenvalue weighted by Gasteiger charge is -2.18. The highest BCUT2D eigenvalue weighted by atomic mass is 32.2. The lowest BCUT2D eigenvalue weighted by atomic mass is 10.2. The summed E-state index contributed by atoms with van der Waals surface area (Å²) < 4.78 is 10.8. The van der Waals surface area contributed by atoms with Crippen molar-refractivity contribution in [3.05, 3.63) is 24.3 Å². The normalized spacial score (nSPS) is 11.4. The zero-order chi connectivity index (χ0) is 10.6. The average Bonchev–Trinajstić information content (AvgIpc) is 2.14. The van der Waals surface area contributed by atoms with Crippen molar-refractivity contribution in [1.82, 2.24) is 0 Å². The van der Waals surface area contributed by atoms with E-state index in [2.05, 4.69) is 0 Å². The number of rotatable bonds is 3. The van der Waals surface area contributed by atoms with Crippen LogP contribution in [0.15, 0.2) is 29.2 Å². The van der Waals surface area contributed by atoms with Crippen LogP contribution >= 0.6 is 12.0 Å².